The van der Waals surface area contributed by atoms with E-state index < -0.39 is 6.04 Å². The van der Waals surface area contributed by atoms with E-state index in [4.69, 9.17) is 0 Å². The van der Waals surface area contributed by atoms with Crippen molar-refractivity contribution in [1.29, 1.82) is 0 Å². The number of H-pyrrole nitrogens is 1. The van der Waals surface area contributed by atoms with Crippen molar-refractivity contribution in [2.75, 3.05) is 11.9 Å². The van der Waals surface area contributed by atoms with E-state index in [1.54, 1.807) is 34.0 Å². The average Bonchev–Trinajstić information content (AvgIpc) is 3.59. The number of hydrogen-bond donors (Lipinski definition) is 3. The minimum absolute atomic E-state index is 0.123. The van der Waals surface area contributed by atoms with Gasteiger partial charge < -0.3 is 15.5 Å². The maximum Gasteiger partial charge on any atom is 0.266 e. The normalized spacial score (nSPS) is 13.9. The lowest BCUT2D eigenvalue weighted by molar-refractivity contribution is -0.134. The topological polar surface area (TPSA) is 125 Å². The highest BCUT2D eigenvalue weighted by Crippen LogP contribution is 2.29. The molecule has 0 spiro atoms. The highest BCUT2D eigenvalue weighted by atomic mass is 32.1. The Morgan fingerprint density at radius 3 is 2.81 bits per heavy atom. The molecular formula is C25H27N7O3S. The standard InChI is InChI=1S/C25H27N7O3S/c1-4-18(27-23(33)15-5-6-19-16(9-15)11-26-29-19)25(35)32-8-7-20-17(13-32)10-21(36-20)24(34)28-22-14(2)12-31(3)30-22/h5-6,9-12,18H,4,7-8,13H2,1-3H3,(H,26,29)(H,27,33)(H,28,30,34)/t18-/m1/s1. The number of fused-ring (bicyclic) bond motifs is 2. The molecule has 0 unspecified atom stereocenters. The maximum atomic E-state index is 13.3. The van der Waals surface area contributed by atoms with Gasteiger partial charge in [-0.3, -0.25) is 24.2 Å². The third kappa shape index (κ3) is 4.61. The van der Waals surface area contributed by atoms with Crippen LogP contribution in [0.5, 0.6) is 0 Å². The van der Waals surface area contributed by atoms with Crippen LogP contribution < -0.4 is 10.6 Å². The summed E-state index contributed by atoms with van der Waals surface area (Å²) in [5.41, 5.74) is 3.18. The number of hydrogen-bond acceptors (Lipinski definition) is 6. The van der Waals surface area contributed by atoms with Crippen LogP contribution in [0.1, 0.15) is 49.4 Å². The van der Waals surface area contributed by atoms with Gasteiger partial charge in [0.2, 0.25) is 5.91 Å². The molecule has 1 aliphatic heterocycles. The number of nitrogens with one attached hydrogen (secondary N) is 3. The van der Waals surface area contributed by atoms with Crippen LogP contribution >= 0.6 is 11.3 Å². The number of carbonyl (C=O) groups is 3. The molecule has 1 atom stereocenters. The number of amides is 3. The van der Waals surface area contributed by atoms with Gasteiger partial charge in [0.25, 0.3) is 11.8 Å². The van der Waals surface area contributed by atoms with Gasteiger partial charge in [0.05, 0.1) is 16.6 Å². The van der Waals surface area contributed by atoms with Crippen molar-refractivity contribution < 1.29 is 14.4 Å². The molecule has 186 valence electrons. The monoisotopic (exact) mass is 505 g/mol. The Balaban J connectivity index is 1.25. The molecule has 0 radical (unpaired) electrons. The van der Waals surface area contributed by atoms with Gasteiger partial charge in [-0.25, -0.2) is 0 Å². The van der Waals surface area contributed by atoms with Gasteiger partial charge in [-0.05, 0) is 49.6 Å². The number of aromatic nitrogens is 4. The van der Waals surface area contributed by atoms with Gasteiger partial charge in [-0.15, -0.1) is 11.3 Å². The van der Waals surface area contributed by atoms with Crippen LogP contribution in [0, 0.1) is 6.92 Å². The van der Waals surface area contributed by atoms with Crippen molar-refractivity contribution in [3.8, 4) is 0 Å². The van der Waals surface area contributed by atoms with Crippen molar-refractivity contribution in [2.45, 2.75) is 39.3 Å². The van der Waals surface area contributed by atoms with Gasteiger partial charge >= 0.3 is 0 Å². The van der Waals surface area contributed by atoms with Gasteiger partial charge in [0, 0.05) is 47.7 Å². The molecule has 0 bridgehead atoms. The van der Waals surface area contributed by atoms with Gasteiger partial charge in [-0.2, -0.15) is 10.2 Å². The number of carbonyl (C=O) groups excluding carboxylic acids is 3. The smallest absolute Gasteiger partial charge is 0.266 e. The average molecular weight is 506 g/mol. The molecule has 4 heterocycles. The van der Waals surface area contributed by atoms with E-state index in [9.17, 15) is 14.4 Å². The van der Waals surface area contributed by atoms with Crippen LogP contribution in [0.3, 0.4) is 0 Å². The molecule has 4 aromatic rings. The van der Waals surface area contributed by atoms with Gasteiger partial charge in [0.15, 0.2) is 5.82 Å². The third-order valence-electron chi connectivity index (χ3n) is 6.36. The van der Waals surface area contributed by atoms with Crippen molar-refractivity contribution in [1.82, 2.24) is 30.2 Å². The van der Waals surface area contributed by atoms with Gasteiger partial charge in [0.1, 0.15) is 6.04 Å². The number of benzene rings is 1. The second-order valence-corrected chi connectivity index (χ2v) is 10.1. The van der Waals surface area contributed by atoms with Crippen LogP contribution in [-0.4, -0.2) is 55.2 Å². The molecule has 5 rings (SSSR count). The Morgan fingerprint density at radius 2 is 2.06 bits per heavy atom. The van der Waals surface area contributed by atoms with E-state index in [2.05, 4.69) is 25.9 Å². The fraction of sp³-hybridized carbons (Fsp3) is 0.320. The predicted molar refractivity (Wildman–Crippen MR) is 137 cm³/mol. The number of rotatable bonds is 6. The molecule has 0 saturated carbocycles. The van der Waals surface area contributed by atoms with Crippen molar-refractivity contribution in [2.24, 2.45) is 7.05 Å². The summed E-state index contributed by atoms with van der Waals surface area (Å²) in [4.78, 5) is 42.4. The summed E-state index contributed by atoms with van der Waals surface area (Å²) in [5, 5.41) is 17.7. The fourth-order valence-electron chi connectivity index (χ4n) is 4.42. The minimum atomic E-state index is -0.632. The van der Waals surface area contributed by atoms with Crippen LogP contribution in [0.15, 0.2) is 36.7 Å². The molecule has 0 aliphatic carbocycles. The molecule has 36 heavy (non-hydrogen) atoms. The lowest BCUT2D eigenvalue weighted by Crippen LogP contribution is -2.49. The number of anilines is 1. The number of aryl methyl sites for hydroxylation is 2. The molecule has 11 heteroatoms. The first kappa shape index (κ1) is 23.7. The molecule has 1 aliphatic rings. The largest absolute Gasteiger partial charge is 0.340 e. The zero-order chi connectivity index (χ0) is 25.4. The molecule has 3 N–H and O–H groups in total. The Hall–Kier alpha value is -3.99. The van der Waals surface area contributed by atoms with E-state index in [0.717, 1.165) is 26.9 Å². The fourth-order valence-corrected chi connectivity index (χ4v) is 5.48. The SMILES string of the molecule is CC[C@@H](NC(=O)c1ccc2[nH]ncc2c1)C(=O)N1CCc2sc(C(=O)Nc3nn(C)cc3C)cc2C1. The lowest BCUT2D eigenvalue weighted by atomic mass is 10.1. The van der Waals surface area contributed by atoms with Crippen molar-refractivity contribution in [3.63, 3.8) is 0 Å². The molecule has 0 fully saturated rings. The number of nitrogens with zero attached hydrogens (tertiary/aromatic N) is 4. The van der Waals surface area contributed by atoms with Crippen LogP contribution in [-0.2, 0) is 24.8 Å². The highest BCUT2D eigenvalue weighted by Gasteiger charge is 2.29. The number of aromatic amines is 1. The lowest BCUT2D eigenvalue weighted by Gasteiger charge is -2.30. The Bertz CT molecular complexity index is 1470. The first-order valence-electron chi connectivity index (χ1n) is 11.8. The highest BCUT2D eigenvalue weighted by molar-refractivity contribution is 7.14. The zero-order valence-corrected chi connectivity index (χ0v) is 21.1. The summed E-state index contributed by atoms with van der Waals surface area (Å²) < 4.78 is 1.66. The summed E-state index contributed by atoms with van der Waals surface area (Å²) in [6.45, 7) is 4.72. The van der Waals surface area contributed by atoms with Crippen LogP contribution in [0.4, 0.5) is 5.82 Å². The van der Waals surface area contributed by atoms with E-state index >= 15 is 0 Å². The number of thiophene rings is 1. The van der Waals surface area contributed by atoms with Crippen molar-refractivity contribution in [3.05, 3.63) is 63.1 Å². The van der Waals surface area contributed by atoms with Crippen molar-refractivity contribution >= 4 is 45.8 Å². The second kappa shape index (κ2) is 9.57. The summed E-state index contributed by atoms with van der Waals surface area (Å²) in [6, 6.07) is 6.49. The molecule has 3 amide bonds. The van der Waals surface area contributed by atoms with Gasteiger partial charge in [-0.1, -0.05) is 6.92 Å². The Morgan fingerprint density at radius 1 is 1.22 bits per heavy atom. The van der Waals surface area contributed by atoms with E-state index in [-0.39, 0.29) is 17.7 Å². The quantitative estimate of drug-likeness (QED) is 0.372. The maximum absolute atomic E-state index is 13.3. The Labute approximate surface area is 211 Å². The molecule has 1 aromatic carbocycles. The first-order chi connectivity index (χ1) is 17.3. The Kier molecular flexibility index (Phi) is 6.31. The third-order valence-corrected chi connectivity index (χ3v) is 7.60. The summed E-state index contributed by atoms with van der Waals surface area (Å²) in [5.74, 6) is -0.0843. The summed E-state index contributed by atoms with van der Waals surface area (Å²) in [6.07, 6.45) is 4.65. The molecule has 10 nitrogen and oxygen atoms in total. The molecular weight excluding hydrogens is 478 g/mol. The zero-order valence-electron chi connectivity index (χ0n) is 20.3. The minimum Gasteiger partial charge on any atom is -0.340 e. The molecule has 0 saturated heterocycles. The first-order valence-corrected chi connectivity index (χ1v) is 12.6. The van der Waals surface area contributed by atoms with Crippen LogP contribution in [0.2, 0.25) is 0 Å². The van der Waals surface area contributed by atoms with E-state index in [1.165, 1.54) is 11.3 Å². The van der Waals surface area contributed by atoms with E-state index in [1.807, 2.05) is 33.2 Å². The van der Waals surface area contributed by atoms with E-state index in [0.29, 0.717) is 42.2 Å². The molecule has 3 aromatic heterocycles. The summed E-state index contributed by atoms with van der Waals surface area (Å²) >= 11 is 1.45. The predicted octanol–water partition coefficient (Wildman–Crippen LogP) is 3.01. The summed E-state index contributed by atoms with van der Waals surface area (Å²) in [7, 11) is 1.81. The van der Waals surface area contributed by atoms with Crippen LogP contribution in [0.25, 0.3) is 10.9 Å². The second-order valence-electron chi connectivity index (χ2n) is 8.96.